The number of sulfonamides is 1. The minimum Gasteiger partial charge on any atom is -0.382 e. The predicted octanol–water partition coefficient (Wildman–Crippen LogP) is 1.83. The lowest BCUT2D eigenvalue weighted by atomic mass is 10.2. The van der Waals surface area contributed by atoms with E-state index < -0.39 is 15.9 Å². The fourth-order valence-corrected chi connectivity index (χ4v) is 3.33. The second-order valence-electron chi connectivity index (χ2n) is 5.27. The Hall–Kier alpha value is -3.64. The van der Waals surface area contributed by atoms with Gasteiger partial charge in [-0.25, -0.2) is 8.42 Å². The largest absolute Gasteiger partial charge is 0.382 e. The van der Waals surface area contributed by atoms with Crippen LogP contribution in [0.3, 0.4) is 0 Å². The van der Waals surface area contributed by atoms with Crippen LogP contribution in [0.5, 0.6) is 0 Å². The van der Waals surface area contributed by atoms with E-state index in [1.807, 2.05) is 6.07 Å². The molecule has 0 radical (unpaired) electrons. The van der Waals surface area contributed by atoms with Crippen molar-refractivity contribution < 1.29 is 13.2 Å². The van der Waals surface area contributed by atoms with E-state index in [-0.39, 0.29) is 27.5 Å². The Morgan fingerprint density at radius 1 is 1.15 bits per heavy atom. The molecule has 130 valence electrons. The first-order valence-corrected chi connectivity index (χ1v) is 8.87. The van der Waals surface area contributed by atoms with Gasteiger partial charge in [0.15, 0.2) is 0 Å². The summed E-state index contributed by atoms with van der Waals surface area (Å²) in [5, 5.41) is 12.7. The first-order chi connectivity index (χ1) is 12.4. The molecule has 1 aromatic heterocycles. The molecule has 0 bridgehead atoms. The Kier molecular flexibility index (Phi) is 4.43. The zero-order valence-electron chi connectivity index (χ0n) is 13.3. The van der Waals surface area contributed by atoms with Gasteiger partial charge in [-0.3, -0.25) is 9.52 Å². The summed E-state index contributed by atoms with van der Waals surface area (Å²) in [7, 11) is -3.78. The molecular formula is C17H13N5O3S. The molecule has 0 atom stereocenters. The summed E-state index contributed by atoms with van der Waals surface area (Å²) in [5.74, 6) is -0.655. The summed E-state index contributed by atoms with van der Waals surface area (Å²) >= 11 is 0. The Morgan fingerprint density at radius 3 is 2.54 bits per heavy atom. The topological polar surface area (TPSA) is 131 Å². The zero-order chi connectivity index (χ0) is 18.7. The van der Waals surface area contributed by atoms with Crippen LogP contribution in [0.25, 0.3) is 0 Å². The van der Waals surface area contributed by atoms with E-state index in [1.165, 1.54) is 42.6 Å². The summed E-state index contributed by atoms with van der Waals surface area (Å²) in [5.41, 5.74) is 6.17. The number of hydrogen-bond donors (Lipinski definition) is 2. The molecule has 0 aliphatic heterocycles. The maximum absolute atomic E-state index is 12.5. The van der Waals surface area contributed by atoms with Crippen LogP contribution in [0.15, 0.2) is 65.7 Å². The number of nitrogens with zero attached hydrogens (tertiary/aromatic N) is 3. The number of aromatic nitrogens is 2. The van der Waals surface area contributed by atoms with Crippen molar-refractivity contribution in [2.75, 3.05) is 10.5 Å². The number of carbonyl (C=O) groups is 1. The second kappa shape index (κ2) is 6.70. The standard InChI is InChI=1S/C17H13N5O3S/c18-10-13-11-20-22(16(13)19)17(23)12-5-4-6-14(9-12)21-26(24,25)15-7-2-1-3-8-15/h1-9,11,21H,19H2. The number of nitriles is 1. The molecule has 0 amide bonds. The minimum atomic E-state index is -3.78. The molecule has 0 saturated heterocycles. The van der Waals surface area contributed by atoms with Gasteiger partial charge in [0.2, 0.25) is 0 Å². The van der Waals surface area contributed by atoms with E-state index in [2.05, 4.69) is 9.82 Å². The van der Waals surface area contributed by atoms with Crippen LogP contribution in [0.1, 0.15) is 15.9 Å². The van der Waals surface area contributed by atoms with Crippen molar-refractivity contribution in [3.63, 3.8) is 0 Å². The lowest BCUT2D eigenvalue weighted by molar-refractivity contribution is 0.0948. The maximum Gasteiger partial charge on any atom is 0.280 e. The van der Waals surface area contributed by atoms with E-state index in [9.17, 15) is 13.2 Å². The van der Waals surface area contributed by atoms with Crippen molar-refractivity contribution in [2.24, 2.45) is 0 Å². The Morgan fingerprint density at radius 2 is 1.88 bits per heavy atom. The molecule has 3 aromatic rings. The molecule has 0 spiro atoms. The fraction of sp³-hybridized carbons (Fsp3) is 0. The van der Waals surface area contributed by atoms with Crippen molar-refractivity contribution in [3.05, 3.63) is 71.9 Å². The number of nitrogens with one attached hydrogen (secondary N) is 1. The Balaban J connectivity index is 1.90. The van der Waals surface area contributed by atoms with Crippen LogP contribution in [0, 0.1) is 11.3 Å². The van der Waals surface area contributed by atoms with E-state index in [1.54, 1.807) is 18.2 Å². The number of anilines is 2. The third kappa shape index (κ3) is 3.26. The maximum atomic E-state index is 12.5. The lowest BCUT2D eigenvalue weighted by Crippen LogP contribution is -2.17. The third-order valence-corrected chi connectivity index (χ3v) is 4.93. The summed E-state index contributed by atoms with van der Waals surface area (Å²) < 4.78 is 28.1. The Labute approximate surface area is 149 Å². The number of hydrogen-bond acceptors (Lipinski definition) is 6. The van der Waals surface area contributed by atoms with Crippen molar-refractivity contribution >= 4 is 27.4 Å². The quantitative estimate of drug-likeness (QED) is 0.723. The van der Waals surface area contributed by atoms with Gasteiger partial charge in [0.25, 0.3) is 15.9 Å². The van der Waals surface area contributed by atoms with Gasteiger partial charge >= 0.3 is 0 Å². The van der Waals surface area contributed by atoms with Crippen LogP contribution in [-0.2, 0) is 10.0 Å². The minimum absolute atomic E-state index is 0.0761. The van der Waals surface area contributed by atoms with Crippen LogP contribution in [0.2, 0.25) is 0 Å². The molecule has 0 saturated carbocycles. The number of rotatable bonds is 4. The molecule has 8 nitrogen and oxygen atoms in total. The summed E-state index contributed by atoms with van der Waals surface area (Å²) in [4.78, 5) is 12.6. The first-order valence-electron chi connectivity index (χ1n) is 7.38. The number of nitrogen functional groups attached to an aromatic ring is 1. The van der Waals surface area contributed by atoms with Crippen molar-refractivity contribution in [2.45, 2.75) is 4.90 Å². The van der Waals surface area contributed by atoms with Gasteiger partial charge in [-0.05, 0) is 30.3 Å². The summed E-state index contributed by atoms with van der Waals surface area (Å²) in [6, 6.07) is 15.6. The van der Waals surface area contributed by atoms with Gasteiger partial charge in [-0.1, -0.05) is 24.3 Å². The van der Waals surface area contributed by atoms with Crippen LogP contribution >= 0.6 is 0 Å². The van der Waals surface area contributed by atoms with Gasteiger partial charge in [0, 0.05) is 11.3 Å². The van der Waals surface area contributed by atoms with Gasteiger partial charge in [0.1, 0.15) is 17.5 Å². The smallest absolute Gasteiger partial charge is 0.280 e. The predicted molar refractivity (Wildman–Crippen MR) is 94.8 cm³/mol. The average Bonchev–Trinajstić information content (AvgIpc) is 3.02. The van der Waals surface area contributed by atoms with Crippen molar-refractivity contribution in [1.82, 2.24) is 9.78 Å². The van der Waals surface area contributed by atoms with Gasteiger partial charge in [-0.2, -0.15) is 15.0 Å². The second-order valence-corrected chi connectivity index (χ2v) is 6.95. The Bertz CT molecular complexity index is 1110. The van der Waals surface area contributed by atoms with E-state index >= 15 is 0 Å². The zero-order valence-corrected chi connectivity index (χ0v) is 14.1. The third-order valence-electron chi connectivity index (χ3n) is 3.53. The summed E-state index contributed by atoms with van der Waals surface area (Å²) in [6.45, 7) is 0. The van der Waals surface area contributed by atoms with Crippen LogP contribution in [0.4, 0.5) is 11.5 Å². The van der Waals surface area contributed by atoms with Gasteiger partial charge in [-0.15, -0.1) is 0 Å². The molecule has 9 heteroatoms. The fourth-order valence-electron chi connectivity index (χ4n) is 2.26. The van der Waals surface area contributed by atoms with Crippen molar-refractivity contribution in [1.29, 1.82) is 5.26 Å². The highest BCUT2D eigenvalue weighted by atomic mass is 32.2. The van der Waals surface area contributed by atoms with Crippen LogP contribution < -0.4 is 10.5 Å². The normalized spacial score (nSPS) is 10.9. The van der Waals surface area contributed by atoms with Crippen molar-refractivity contribution in [3.8, 4) is 6.07 Å². The molecule has 2 aromatic carbocycles. The average molecular weight is 367 g/mol. The highest BCUT2D eigenvalue weighted by Crippen LogP contribution is 2.19. The molecule has 3 rings (SSSR count). The van der Waals surface area contributed by atoms with Gasteiger partial charge < -0.3 is 5.73 Å². The summed E-state index contributed by atoms with van der Waals surface area (Å²) in [6.07, 6.45) is 1.19. The first kappa shape index (κ1) is 17.2. The van der Waals surface area contributed by atoms with E-state index in [0.29, 0.717) is 0 Å². The highest BCUT2D eigenvalue weighted by Gasteiger charge is 2.18. The van der Waals surface area contributed by atoms with Crippen LogP contribution in [-0.4, -0.2) is 24.1 Å². The van der Waals surface area contributed by atoms with E-state index in [4.69, 9.17) is 11.0 Å². The number of benzene rings is 2. The highest BCUT2D eigenvalue weighted by molar-refractivity contribution is 7.92. The molecule has 0 aliphatic rings. The molecular weight excluding hydrogens is 354 g/mol. The van der Waals surface area contributed by atoms with E-state index in [0.717, 1.165) is 4.68 Å². The molecule has 0 unspecified atom stereocenters. The molecule has 0 fully saturated rings. The molecule has 1 heterocycles. The number of carbonyl (C=O) groups excluding carboxylic acids is 1. The monoisotopic (exact) mass is 367 g/mol. The van der Waals surface area contributed by atoms with Gasteiger partial charge in [0.05, 0.1) is 11.1 Å². The molecule has 0 aliphatic carbocycles. The SMILES string of the molecule is N#Cc1cnn(C(=O)c2cccc(NS(=O)(=O)c3ccccc3)c2)c1N. The molecule has 3 N–H and O–H groups in total. The lowest BCUT2D eigenvalue weighted by Gasteiger charge is -2.09. The number of nitrogens with two attached hydrogens (primary N) is 1. The molecule has 26 heavy (non-hydrogen) atoms.